The second-order valence-corrected chi connectivity index (χ2v) is 8.08. The zero-order chi connectivity index (χ0) is 19.1. The highest BCUT2D eigenvalue weighted by atomic mass is 35.5. The van der Waals surface area contributed by atoms with E-state index in [0.29, 0.717) is 36.8 Å². The van der Waals surface area contributed by atoms with E-state index in [1.807, 2.05) is 25.2 Å². The summed E-state index contributed by atoms with van der Waals surface area (Å²) in [4.78, 5) is 13.1. The molecule has 2 aromatic carbocycles. The second kappa shape index (κ2) is 7.13. The molecule has 2 aromatic heterocycles. The molecule has 0 bridgehead atoms. The fourth-order valence-electron chi connectivity index (χ4n) is 2.73. The number of rotatable bonds is 3. The van der Waals surface area contributed by atoms with Gasteiger partial charge in [-0.2, -0.15) is 0 Å². The van der Waals surface area contributed by atoms with E-state index in [1.165, 1.54) is 11.3 Å². The van der Waals surface area contributed by atoms with E-state index >= 15 is 0 Å². The van der Waals surface area contributed by atoms with Crippen molar-refractivity contribution in [2.45, 2.75) is 0 Å². The number of amides is 1. The summed E-state index contributed by atoms with van der Waals surface area (Å²) < 4.78 is 2.56. The Hall–Kier alpha value is -2.12. The van der Waals surface area contributed by atoms with Crippen molar-refractivity contribution in [3.63, 3.8) is 0 Å². The number of hydrogen-bond donors (Lipinski definition) is 1. The van der Waals surface area contributed by atoms with E-state index in [-0.39, 0.29) is 5.91 Å². The molecule has 0 spiro atoms. The standard InChI is InChI=1S/C18H11Cl3N4OS/c1-25-8-22-24-17(25)9-3-2-4-11(5-9)23-18(26)16-15(21)14-12(20)6-10(19)7-13(14)27-16/h2-8H,1H3,(H,23,26). The van der Waals surface area contributed by atoms with Gasteiger partial charge in [0.15, 0.2) is 5.82 Å². The summed E-state index contributed by atoms with van der Waals surface area (Å²) in [5, 5.41) is 12.7. The number of aryl methyl sites for hydroxylation is 1. The quantitative estimate of drug-likeness (QED) is 0.433. The lowest BCUT2D eigenvalue weighted by Gasteiger charge is -2.06. The van der Waals surface area contributed by atoms with Crippen molar-refractivity contribution in [1.29, 1.82) is 0 Å². The highest BCUT2D eigenvalue weighted by molar-refractivity contribution is 7.21. The van der Waals surface area contributed by atoms with Crippen LogP contribution in [0.5, 0.6) is 0 Å². The van der Waals surface area contributed by atoms with Gasteiger partial charge in [-0.05, 0) is 24.3 Å². The molecule has 0 aliphatic rings. The summed E-state index contributed by atoms with van der Waals surface area (Å²) in [6.45, 7) is 0. The number of fused-ring (bicyclic) bond motifs is 1. The lowest BCUT2D eigenvalue weighted by molar-refractivity contribution is 0.103. The Balaban J connectivity index is 1.67. The van der Waals surface area contributed by atoms with Gasteiger partial charge in [0.25, 0.3) is 5.91 Å². The van der Waals surface area contributed by atoms with Gasteiger partial charge >= 0.3 is 0 Å². The minimum atomic E-state index is -0.316. The molecule has 0 fully saturated rings. The highest BCUT2D eigenvalue weighted by Crippen LogP contribution is 2.41. The molecular formula is C18H11Cl3N4OS. The summed E-state index contributed by atoms with van der Waals surface area (Å²) in [5.74, 6) is 0.385. The number of nitrogens with one attached hydrogen (secondary N) is 1. The minimum absolute atomic E-state index is 0.316. The summed E-state index contributed by atoms with van der Waals surface area (Å²) in [6.07, 6.45) is 1.62. The maximum Gasteiger partial charge on any atom is 0.267 e. The molecule has 9 heteroatoms. The molecule has 2 heterocycles. The van der Waals surface area contributed by atoms with E-state index in [1.54, 1.807) is 29.1 Å². The Bertz CT molecular complexity index is 1180. The molecular weight excluding hydrogens is 427 g/mol. The minimum Gasteiger partial charge on any atom is -0.321 e. The van der Waals surface area contributed by atoms with Gasteiger partial charge in [-0.25, -0.2) is 0 Å². The lowest BCUT2D eigenvalue weighted by atomic mass is 10.2. The van der Waals surface area contributed by atoms with E-state index in [4.69, 9.17) is 34.8 Å². The van der Waals surface area contributed by atoms with Crippen LogP contribution in [0, 0.1) is 0 Å². The molecule has 0 aliphatic heterocycles. The number of aromatic nitrogens is 3. The lowest BCUT2D eigenvalue weighted by Crippen LogP contribution is -2.10. The van der Waals surface area contributed by atoms with Crippen molar-refractivity contribution in [3.8, 4) is 11.4 Å². The monoisotopic (exact) mass is 436 g/mol. The van der Waals surface area contributed by atoms with Gasteiger partial charge in [0.05, 0.1) is 10.0 Å². The summed E-state index contributed by atoms with van der Waals surface area (Å²) in [6, 6.07) is 10.7. The molecule has 4 rings (SSSR count). The van der Waals surface area contributed by atoms with Crippen LogP contribution in [0.15, 0.2) is 42.7 Å². The SMILES string of the molecule is Cn1cnnc1-c1cccc(NC(=O)c2sc3cc(Cl)cc(Cl)c3c2Cl)c1. The zero-order valence-corrected chi connectivity index (χ0v) is 16.9. The number of carbonyl (C=O) groups is 1. The molecule has 0 atom stereocenters. The number of nitrogens with zero attached hydrogens (tertiary/aromatic N) is 3. The first-order valence-corrected chi connectivity index (χ1v) is 9.72. The maximum atomic E-state index is 12.8. The maximum absolute atomic E-state index is 12.8. The molecule has 0 radical (unpaired) electrons. The third-order valence-electron chi connectivity index (χ3n) is 3.95. The van der Waals surface area contributed by atoms with Gasteiger partial charge in [0.1, 0.15) is 11.2 Å². The van der Waals surface area contributed by atoms with Gasteiger partial charge in [-0.3, -0.25) is 4.79 Å². The summed E-state index contributed by atoms with van der Waals surface area (Å²) >= 11 is 19.9. The topological polar surface area (TPSA) is 59.8 Å². The van der Waals surface area contributed by atoms with Crippen LogP contribution in [-0.2, 0) is 7.05 Å². The number of anilines is 1. The highest BCUT2D eigenvalue weighted by Gasteiger charge is 2.20. The Labute approximate surface area is 173 Å². The molecule has 0 unspecified atom stereocenters. The zero-order valence-electron chi connectivity index (χ0n) is 13.8. The van der Waals surface area contributed by atoms with E-state index < -0.39 is 0 Å². The van der Waals surface area contributed by atoms with E-state index in [0.717, 1.165) is 10.3 Å². The first kappa shape index (κ1) is 18.3. The van der Waals surface area contributed by atoms with Crippen molar-refractivity contribution in [2.24, 2.45) is 7.05 Å². The van der Waals surface area contributed by atoms with Crippen LogP contribution in [0.1, 0.15) is 9.67 Å². The fourth-order valence-corrected chi connectivity index (χ4v) is 5.00. The van der Waals surface area contributed by atoms with Gasteiger partial charge in [-0.1, -0.05) is 46.9 Å². The van der Waals surface area contributed by atoms with E-state index in [2.05, 4.69) is 15.5 Å². The van der Waals surface area contributed by atoms with Crippen LogP contribution >= 0.6 is 46.1 Å². The van der Waals surface area contributed by atoms with Gasteiger partial charge in [0.2, 0.25) is 0 Å². The molecule has 0 saturated heterocycles. The Morgan fingerprint density at radius 3 is 2.74 bits per heavy atom. The number of hydrogen-bond acceptors (Lipinski definition) is 4. The molecule has 0 aliphatic carbocycles. The Kier molecular flexibility index (Phi) is 4.82. The fraction of sp³-hybridized carbons (Fsp3) is 0.0556. The van der Waals surface area contributed by atoms with Crippen LogP contribution < -0.4 is 5.32 Å². The molecule has 136 valence electrons. The second-order valence-electron chi connectivity index (χ2n) is 5.81. The third-order valence-corrected chi connectivity index (χ3v) is 6.09. The van der Waals surface area contributed by atoms with E-state index in [9.17, 15) is 4.79 Å². The van der Waals surface area contributed by atoms with Crippen LogP contribution in [0.4, 0.5) is 5.69 Å². The Morgan fingerprint density at radius 1 is 1.19 bits per heavy atom. The normalized spacial score (nSPS) is 11.1. The molecule has 0 saturated carbocycles. The summed E-state index contributed by atoms with van der Waals surface area (Å²) in [5.41, 5.74) is 1.46. The third kappa shape index (κ3) is 3.41. The largest absolute Gasteiger partial charge is 0.321 e. The molecule has 27 heavy (non-hydrogen) atoms. The smallest absolute Gasteiger partial charge is 0.267 e. The van der Waals surface area contributed by atoms with Crippen LogP contribution in [0.25, 0.3) is 21.5 Å². The van der Waals surface area contributed by atoms with Gasteiger partial charge in [0, 0.05) is 33.4 Å². The van der Waals surface area contributed by atoms with Gasteiger partial charge in [-0.15, -0.1) is 21.5 Å². The predicted molar refractivity (Wildman–Crippen MR) is 111 cm³/mol. The first-order valence-electron chi connectivity index (χ1n) is 7.77. The number of benzene rings is 2. The predicted octanol–water partition coefficient (Wildman–Crippen LogP) is 5.91. The first-order chi connectivity index (χ1) is 12.9. The van der Waals surface area contributed by atoms with Gasteiger partial charge < -0.3 is 9.88 Å². The average molecular weight is 438 g/mol. The summed E-state index contributed by atoms with van der Waals surface area (Å²) in [7, 11) is 1.85. The average Bonchev–Trinajstić information content (AvgIpc) is 3.18. The van der Waals surface area contributed by atoms with Crippen molar-refractivity contribution in [2.75, 3.05) is 5.32 Å². The van der Waals surface area contributed by atoms with Crippen molar-refractivity contribution in [1.82, 2.24) is 14.8 Å². The van der Waals surface area contributed by atoms with Crippen LogP contribution in [0.3, 0.4) is 0 Å². The van der Waals surface area contributed by atoms with Crippen LogP contribution in [-0.4, -0.2) is 20.7 Å². The van der Waals surface area contributed by atoms with Crippen molar-refractivity contribution >= 4 is 67.8 Å². The van der Waals surface area contributed by atoms with Crippen LogP contribution in [0.2, 0.25) is 15.1 Å². The molecule has 5 nitrogen and oxygen atoms in total. The number of thiophene rings is 1. The number of halogens is 3. The van der Waals surface area contributed by atoms with Crippen molar-refractivity contribution < 1.29 is 4.79 Å². The van der Waals surface area contributed by atoms with Crippen molar-refractivity contribution in [3.05, 3.63) is 62.7 Å². The number of carbonyl (C=O) groups excluding carboxylic acids is 1. The Morgan fingerprint density at radius 2 is 2.00 bits per heavy atom. The molecule has 1 N–H and O–H groups in total. The molecule has 1 amide bonds. The molecule has 4 aromatic rings.